The molecule has 2 aliphatic heterocycles. The van der Waals surface area contributed by atoms with E-state index in [2.05, 4.69) is 15.3 Å². The third kappa shape index (κ3) is 5.07. The Bertz CT molecular complexity index is 904. The van der Waals surface area contributed by atoms with Crippen LogP contribution in [-0.4, -0.2) is 54.3 Å². The lowest BCUT2D eigenvalue weighted by Crippen LogP contribution is -2.40. The normalized spacial score (nSPS) is 23.4. The first kappa shape index (κ1) is 20.6. The predicted molar refractivity (Wildman–Crippen MR) is 109 cm³/mol. The first-order chi connectivity index (χ1) is 14.1. The molecule has 4 rings (SSSR count). The molecular weight excluding hydrogens is 400 g/mol. The van der Waals surface area contributed by atoms with E-state index in [1.54, 1.807) is 17.8 Å². The van der Waals surface area contributed by atoms with Crippen molar-refractivity contribution in [3.05, 3.63) is 34.1 Å². The topological polar surface area (TPSA) is 76.2 Å². The van der Waals surface area contributed by atoms with Crippen molar-refractivity contribution in [2.24, 2.45) is 5.92 Å². The van der Waals surface area contributed by atoms with Gasteiger partial charge in [-0.25, -0.2) is 13.8 Å². The molecule has 158 valence electrons. The zero-order valence-electron chi connectivity index (χ0n) is 16.1. The maximum atomic E-state index is 14.5. The summed E-state index contributed by atoms with van der Waals surface area (Å²) in [6.07, 6.45) is 1.63. The number of nitrogens with zero attached hydrogens (tertiary/aromatic N) is 1. The highest BCUT2D eigenvalue weighted by Crippen LogP contribution is 2.26. The summed E-state index contributed by atoms with van der Waals surface area (Å²) in [5, 5.41) is 3.38. The summed E-state index contributed by atoms with van der Waals surface area (Å²) >= 11 is 1.72. The van der Waals surface area contributed by atoms with Gasteiger partial charge in [0.25, 0.3) is 5.56 Å². The van der Waals surface area contributed by atoms with E-state index in [9.17, 15) is 13.6 Å². The molecule has 2 saturated heterocycles. The summed E-state index contributed by atoms with van der Waals surface area (Å²) in [6.45, 7) is 2.73. The van der Waals surface area contributed by atoms with Crippen molar-refractivity contribution in [3.63, 3.8) is 0 Å². The van der Waals surface area contributed by atoms with Crippen LogP contribution in [0.15, 0.2) is 16.9 Å². The van der Waals surface area contributed by atoms with Gasteiger partial charge in [-0.3, -0.25) is 4.79 Å². The third-order valence-corrected chi connectivity index (χ3v) is 6.80. The van der Waals surface area contributed by atoms with E-state index in [0.717, 1.165) is 32.6 Å². The van der Waals surface area contributed by atoms with Crippen LogP contribution in [-0.2, 0) is 10.5 Å². The van der Waals surface area contributed by atoms with Gasteiger partial charge in [-0.1, -0.05) is 0 Å². The molecule has 1 aromatic heterocycles. The average molecular weight is 426 g/mol. The molecule has 29 heavy (non-hydrogen) atoms. The molecule has 2 N–H and O–H groups in total. The highest BCUT2D eigenvalue weighted by atomic mass is 32.2. The van der Waals surface area contributed by atoms with Gasteiger partial charge in [0.1, 0.15) is 28.9 Å². The molecule has 1 aromatic carbocycles. The Kier molecular flexibility index (Phi) is 6.67. The number of fused-ring (bicyclic) bond motifs is 1. The van der Waals surface area contributed by atoms with Crippen LogP contribution in [0.25, 0.3) is 10.9 Å². The van der Waals surface area contributed by atoms with Gasteiger partial charge < -0.3 is 19.8 Å². The molecule has 0 saturated carbocycles. The number of rotatable bonds is 6. The summed E-state index contributed by atoms with van der Waals surface area (Å²) in [5.41, 5.74) is -0.239. The SMILES string of the molecule is O=c1[nH]c(CSC2CCOCC2)nc2cc(OCC3CCNCC3F)cc(F)c12. The Labute approximate surface area is 171 Å². The van der Waals surface area contributed by atoms with Crippen molar-refractivity contribution in [3.8, 4) is 5.75 Å². The minimum absolute atomic E-state index is 0.0811. The van der Waals surface area contributed by atoms with Gasteiger partial charge in [-0.2, -0.15) is 11.8 Å². The molecule has 6 nitrogen and oxygen atoms in total. The minimum Gasteiger partial charge on any atom is -0.493 e. The van der Waals surface area contributed by atoms with Crippen LogP contribution in [0.4, 0.5) is 8.78 Å². The quantitative estimate of drug-likeness (QED) is 0.741. The second kappa shape index (κ2) is 9.40. The summed E-state index contributed by atoms with van der Waals surface area (Å²) in [5.74, 6) is 0.409. The molecule has 0 spiro atoms. The van der Waals surface area contributed by atoms with Crippen molar-refractivity contribution in [1.82, 2.24) is 15.3 Å². The largest absolute Gasteiger partial charge is 0.493 e. The van der Waals surface area contributed by atoms with Gasteiger partial charge in [0.2, 0.25) is 0 Å². The lowest BCUT2D eigenvalue weighted by atomic mass is 9.97. The average Bonchev–Trinajstić information content (AvgIpc) is 2.72. The van der Waals surface area contributed by atoms with E-state index in [-0.39, 0.29) is 29.2 Å². The van der Waals surface area contributed by atoms with E-state index < -0.39 is 17.5 Å². The predicted octanol–water partition coefficient (Wildman–Crippen LogP) is 2.80. The molecule has 0 aliphatic carbocycles. The number of aromatic amines is 1. The standard InChI is InChI=1S/C20H25F2N3O3S/c21-15-7-13(28-10-12-1-4-23-9-16(12)22)8-17-19(15)20(26)25-18(24-17)11-29-14-2-5-27-6-3-14/h7-8,12,14,16,23H,1-6,9-11H2,(H,24,25,26). The molecule has 0 bridgehead atoms. The Morgan fingerprint density at radius 1 is 1.28 bits per heavy atom. The van der Waals surface area contributed by atoms with Gasteiger partial charge in [-0.15, -0.1) is 0 Å². The number of piperidine rings is 1. The number of aromatic nitrogens is 2. The highest BCUT2D eigenvalue weighted by molar-refractivity contribution is 7.99. The van der Waals surface area contributed by atoms with Crippen molar-refractivity contribution < 1.29 is 18.3 Å². The number of benzene rings is 1. The zero-order valence-corrected chi connectivity index (χ0v) is 16.9. The number of alkyl halides is 1. The van der Waals surface area contributed by atoms with E-state index >= 15 is 0 Å². The van der Waals surface area contributed by atoms with Gasteiger partial charge in [0, 0.05) is 43.1 Å². The summed E-state index contributed by atoms with van der Waals surface area (Å²) in [4.78, 5) is 19.5. The second-order valence-corrected chi connectivity index (χ2v) is 8.80. The van der Waals surface area contributed by atoms with E-state index in [4.69, 9.17) is 9.47 Å². The first-order valence-corrected chi connectivity index (χ1v) is 11.0. The number of ether oxygens (including phenoxy) is 2. The summed E-state index contributed by atoms with van der Waals surface area (Å²) in [6, 6.07) is 2.73. The maximum Gasteiger partial charge on any atom is 0.261 e. The highest BCUT2D eigenvalue weighted by Gasteiger charge is 2.25. The molecule has 2 aliphatic rings. The van der Waals surface area contributed by atoms with Crippen molar-refractivity contribution >= 4 is 22.7 Å². The van der Waals surface area contributed by atoms with Crippen molar-refractivity contribution in [2.75, 3.05) is 32.9 Å². The molecule has 9 heteroatoms. The monoisotopic (exact) mass is 425 g/mol. The Balaban J connectivity index is 1.49. The van der Waals surface area contributed by atoms with Crippen LogP contribution >= 0.6 is 11.8 Å². The lowest BCUT2D eigenvalue weighted by Gasteiger charge is -2.26. The third-order valence-electron chi connectivity index (χ3n) is 5.41. The fraction of sp³-hybridized carbons (Fsp3) is 0.600. The molecule has 3 heterocycles. The van der Waals surface area contributed by atoms with Crippen molar-refractivity contribution in [1.29, 1.82) is 0 Å². The molecular formula is C20H25F2N3O3S. The summed E-state index contributed by atoms with van der Waals surface area (Å²) < 4.78 is 39.5. The van der Waals surface area contributed by atoms with Gasteiger partial charge in [-0.05, 0) is 25.8 Å². The Morgan fingerprint density at radius 2 is 2.10 bits per heavy atom. The van der Waals surface area contributed by atoms with Crippen molar-refractivity contribution in [2.45, 2.75) is 36.4 Å². The van der Waals surface area contributed by atoms with Gasteiger partial charge in [0.05, 0.1) is 17.9 Å². The number of hydrogen-bond acceptors (Lipinski definition) is 6. The molecule has 0 radical (unpaired) electrons. The first-order valence-electron chi connectivity index (χ1n) is 9.99. The van der Waals surface area contributed by atoms with E-state index in [0.29, 0.717) is 29.8 Å². The molecule has 2 unspecified atom stereocenters. The van der Waals surface area contributed by atoms with Crippen LogP contribution in [0.2, 0.25) is 0 Å². The van der Waals surface area contributed by atoms with Crippen LogP contribution in [0.1, 0.15) is 25.1 Å². The summed E-state index contributed by atoms with van der Waals surface area (Å²) in [7, 11) is 0. The maximum absolute atomic E-state index is 14.5. The van der Waals surface area contributed by atoms with Gasteiger partial charge >= 0.3 is 0 Å². The van der Waals surface area contributed by atoms with Crippen LogP contribution < -0.4 is 15.6 Å². The second-order valence-electron chi connectivity index (χ2n) is 7.51. The number of thioether (sulfide) groups is 1. The fourth-order valence-corrected chi connectivity index (χ4v) is 4.76. The molecule has 2 aromatic rings. The molecule has 2 fully saturated rings. The Morgan fingerprint density at radius 3 is 2.90 bits per heavy atom. The number of hydrogen-bond donors (Lipinski definition) is 2. The van der Waals surface area contributed by atoms with Crippen LogP contribution in [0.3, 0.4) is 0 Å². The smallest absolute Gasteiger partial charge is 0.261 e. The van der Waals surface area contributed by atoms with E-state index in [1.807, 2.05) is 0 Å². The molecule has 0 amide bonds. The number of nitrogens with one attached hydrogen (secondary N) is 2. The fourth-order valence-electron chi connectivity index (χ4n) is 3.70. The Hall–Kier alpha value is -1.71. The number of halogens is 2. The minimum atomic E-state index is -0.983. The van der Waals surface area contributed by atoms with E-state index in [1.165, 1.54) is 6.07 Å². The van der Waals surface area contributed by atoms with Crippen LogP contribution in [0.5, 0.6) is 5.75 Å². The van der Waals surface area contributed by atoms with Gasteiger partial charge in [0.15, 0.2) is 0 Å². The van der Waals surface area contributed by atoms with Crippen LogP contribution in [0, 0.1) is 11.7 Å². The molecule has 2 atom stereocenters. The number of H-pyrrole nitrogens is 1. The lowest BCUT2D eigenvalue weighted by molar-refractivity contribution is 0.1000. The zero-order chi connectivity index (χ0) is 20.2.